The van der Waals surface area contributed by atoms with Gasteiger partial charge in [-0.05, 0) is 0 Å². The molecule has 0 radical (unpaired) electrons. The molecule has 0 spiro atoms. The summed E-state index contributed by atoms with van der Waals surface area (Å²) in [6, 6.07) is 0.227. The van der Waals surface area contributed by atoms with Crippen LogP contribution in [-0.4, -0.2) is 16.0 Å². The summed E-state index contributed by atoms with van der Waals surface area (Å²) in [4.78, 5) is 13.5. The number of rotatable bonds is 3. The molecule has 1 aromatic heterocycles. The van der Waals surface area contributed by atoms with Crippen molar-refractivity contribution in [1.29, 1.82) is 0 Å². The number of hydrogen-bond donors (Lipinski definition) is 0. The second-order valence-electron chi connectivity index (χ2n) is 1.51. The van der Waals surface area contributed by atoms with E-state index >= 15 is 0 Å². The van der Waals surface area contributed by atoms with E-state index in [9.17, 15) is 4.79 Å². The topological polar surface area (TPSA) is 44.1 Å². The summed E-state index contributed by atoms with van der Waals surface area (Å²) in [6.45, 7) is 3.79. The lowest BCUT2D eigenvalue weighted by Gasteiger charge is -1.94. The zero-order valence-corrected chi connectivity index (χ0v) is 5.23. The van der Waals surface area contributed by atoms with E-state index in [1.54, 1.807) is 6.20 Å². The first kappa shape index (κ1) is 6.54. The summed E-state index contributed by atoms with van der Waals surface area (Å²) in [5.74, 6) is 0. The standard InChI is InChI=1S/C6H6N2O2/c1-2-8-4-3-7-6(8)10-5-9/h2-5H,1H2. The van der Waals surface area contributed by atoms with Gasteiger partial charge in [0.05, 0.1) is 0 Å². The Labute approximate surface area is 57.8 Å². The van der Waals surface area contributed by atoms with Crippen molar-refractivity contribution in [3.05, 3.63) is 19.0 Å². The van der Waals surface area contributed by atoms with Crippen LogP contribution in [0.2, 0.25) is 0 Å². The molecule has 0 aromatic carbocycles. The Hall–Kier alpha value is -1.58. The number of hydrogen-bond acceptors (Lipinski definition) is 3. The summed E-state index contributed by atoms with van der Waals surface area (Å²) >= 11 is 0. The zero-order chi connectivity index (χ0) is 7.40. The summed E-state index contributed by atoms with van der Waals surface area (Å²) in [7, 11) is 0. The predicted octanol–water partition coefficient (Wildman–Crippen LogP) is 0.519. The van der Waals surface area contributed by atoms with E-state index in [1.165, 1.54) is 17.0 Å². The lowest BCUT2D eigenvalue weighted by molar-refractivity contribution is -0.121. The van der Waals surface area contributed by atoms with Crippen molar-refractivity contribution in [1.82, 2.24) is 9.55 Å². The summed E-state index contributed by atoms with van der Waals surface area (Å²) in [5.41, 5.74) is 0. The molecule has 1 heterocycles. The molecular weight excluding hydrogens is 132 g/mol. The van der Waals surface area contributed by atoms with Crippen LogP contribution in [-0.2, 0) is 4.79 Å². The Morgan fingerprint density at radius 1 is 1.80 bits per heavy atom. The van der Waals surface area contributed by atoms with Crippen LogP contribution in [0.3, 0.4) is 0 Å². The van der Waals surface area contributed by atoms with Crippen molar-refractivity contribution in [3.63, 3.8) is 0 Å². The Kier molecular flexibility index (Phi) is 1.84. The van der Waals surface area contributed by atoms with Gasteiger partial charge in [0.25, 0.3) is 0 Å². The van der Waals surface area contributed by atoms with Crippen molar-refractivity contribution >= 4 is 12.7 Å². The lowest BCUT2D eigenvalue weighted by Crippen LogP contribution is -1.95. The minimum atomic E-state index is 0.227. The molecule has 0 N–H and O–H groups in total. The first-order chi connectivity index (χ1) is 4.88. The largest absolute Gasteiger partial charge is 0.394 e. The molecule has 0 aliphatic heterocycles. The van der Waals surface area contributed by atoms with E-state index in [1.807, 2.05) is 0 Å². The SMILES string of the molecule is C=Cn1ccnc1OC=O. The average Bonchev–Trinajstić information content (AvgIpc) is 2.36. The Bertz CT molecular complexity index is 242. The molecule has 52 valence electrons. The maximum Gasteiger partial charge on any atom is 0.308 e. The minimum absolute atomic E-state index is 0.227. The first-order valence-corrected chi connectivity index (χ1v) is 2.64. The molecule has 0 unspecified atom stereocenters. The molecule has 0 saturated heterocycles. The zero-order valence-electron chi connectivity index (χ0n) is 5.23. The van der Waals surface area contributed by atoms with Crippen molar-refractivity contribution in [3.8, 4) is 6.01 Å². The third kappa shape index (κ3) is 1.05. The Balaban J connectivity index is 2.89. The highest BCUT2D eigenvalue weighted by Gasteiger charge is 1.97. The van der Waals surface area contributed by atoms with E-state index in [0.717, 1.165) is 0 Å². The highest BCUT2D eigenvalue weighted by atomic mass is 16.5. The number of aromatic nitrogens is 2. The molecule has 0 amide bonds. The Morgan fingerprint density at radius 2 is 2.60 bits per heavy atom. The van der Waals surface area contributed by atoms with Gasteiger partial charge < -0.3 is 4.74 Å². The Morgan fingerprint density at radius 3 is 3.20 bits per heavy atom. The smallest absolute Gasteiger partial charge is 0.308 e. The van der Waals surface area contributed by atoms with Crippen LogP contribution in [0.25, 0.3) is 6.20 Å². The number of nitrogens with zero attached hydrogens (tertiary/aromatic N) is 2. The first-order valence-electron chi connectivity index (χ1n) is 2.64. The fourth-order valence-electron chi connectivity index (χ4n) is 0.573. The molecule has 0 fully saturated rings. The number of ether oxygens (including phenoxy) is 1. The molecule has 4 nitrogen and oxygen atoms in total. The van der Waals surface area contributed by atoms with Gasteiger partial charge >= 0.3 is 12.5 Å². The van der Waals surface area contributed by atoms with Crippen molar-refractivity contribution < 1.29 is 9.53 Å². The van der Waals surface area contributed by atoms with E-state index in [4.69, 9.17) is 0 Å². The fraction of sp³-hybridized carbons (Fsp3) is 0. The maximum atomic E-state index is 9.83. The van der Waals surface area contributed by atoms with Crippen LogP contribution in [0.5, 0.6) is 6.01 Å². The molecule has 0 saturated carbocycles. The minimum Gasteiger partial charge on any atom is -0.394 e. The van der Waals surface area contributed by atoms with Gasteiger partial charge in [0, 0.05) is 18.6 Å². The van der Waals surface area contributed by atoms with Gasteiger partial charge in [-0.1, -0.05) is 6.58 Å². The molecule has 1 rings (SSSR count). The van der Waals surface area contributed by atoms with E-state index in [2.05, 4.69) is 16.3 Å². The lowest BCUT2D eigenvalue weighted by atomic mass is 10.8. The molecule has 4 heteroatoms. The highest BCUT2D eigenvalue weighted by Crippen LogP contribution is 2.04. The third-order valence-corrected chi connectivity index (χ3v) is 0.983. The van der Waals surface area contributed by atoms with Gasteiger partial charge in [0.2, 0.25) is 0 Å². The van der Waals surface area contributed by atoms with Gasteiger partial charge in [-0.3, -0.25) is 9.36 Å². The summed E-state index contributed by atoms with van der Waals surface area (Å²) in [5, 5.41) is 0. The van der Waals surface area contributed by atoms with Crippen LogP contribution in [0, 0.1) is 0 Å². The van der Waals surface area contributed by atoms with Crippen LogP contribution in [0.4, 0.5) is 0 Å². The number of imidazole rings is 1. The van der Waals surface area contributed by atoms with Gasteiger partial charge in [-0.25, -0.2) is 4.98 Å². The van der Waals surface area contributed by atoms with Gasteiger partial charge in [0.15, 0.2) is 0 Å². The maximum absolute atomic E-state index is 9.83. The molecule has 10 heavy (non-hydrogen) atoms. The normalized spacial score (nSPS) is 8.80. The van der Waals surface area contributed by atoms with Crippen LogP contribution in [0.1, 0.15) is 0 Å². The molecule has 0 aliphatic carbocycles. The molecule has 1 aromatic rings. The third-order valence-electron chi connectivity index (χ3n) is 0.983. The monoisotopic (exact) mass is 138 g/mol. The van der Waals surface area contributed by atoms with Crippen molar-refractivity contribution in [2.45, 2.75) is 0 Å². The second-order valence-corrected chi connectivity index (χ2v) is 1.51. The number of carbonyl (C=O) groups excluding carboxylic acids is 1. The quantitative estimate of drug-likeness (QED) is 0.572. The highest BCUT2D eigenvalue weighted by molar-refractivity contribution is 5.42. The molecular formula is C6H6N2O2. The van der Waals surface area contributed by atoms with Crippen LogP contribution < -0.4 is 4.74 Å². The van der Waals surface area contributed by atoms with Crippen LogP contribution >= 0.6 is 0 Å². The van der Waals surface area contributed by atoms with E-state index in [-0.39, 0.29) is 6.01 Å². The predicted molar refractivity (Wildman–Crippen MR) is 35.3 cm³/mol. The molecule has 0 bridgehead atoms. The van der Waals surface area contributed by atoms with Crippen molar-refractivity contribution in [2.75, 3.05) is 0 Å². The van der Waals surface area contributed by atoms with Crippen molar-refractivity contribution in [2.24, 2.45) is 0 Å². The molecule has 0 aliphatic rings. The summed E-state index contributed by atoms with van der Waals surface area (Å²) < 4.78 is 5.96. The molecule has 0 atom stereocenters. The van der Waals surface area contributed by atoms with Crippen LogP contribution in [0.15, 0.2) is 19.0 Å². The fourth-order valence-corrected chi connectivity index (χ4v) is 0.573. The van der Waals surface area contributed by atoms with E-state index in [0.29, 0.717) is 6.47 Å². The van der Waals surface area contributed by atoms with E-state index < -0.39 is 0 Å². The van der Waals surface area contributed by atoms with Gasteiger partial charge in [-0.2, -0.15) is 0 Å². The summed E-state index contributed by atoms with van der Waals surface area (Å²) in [6.07, 6.45) is 4.64. The number of carbonyl (C=O) groups is 1. The van der Waals surface area contributed by atoms with Gasteiger partial charge in [-0.15, -0.1) is 0 Å². The van der Waals surface area contributed by atoms with Gasteiger partial charge in [0.1, 0.15) is 0 Å². The second kappa shape index (κ2) is 2.82. The average molecular weight is 138 g/mol.